The van der Waals surface area contributed by atoms with Gasteiger partial charge in [0, 0.05) is 19.3 Å². The van der Waals surface area contributed by atoms with Crippen molar-refractivity contribution in [2.45, 2.75) is 38.0 Å². The topological polar surface area (TPSA) is 81.1 Å². The molecule has 1 saturated heterocycles. The third-order valence-corrected chi connectivity index (χ3v) is 5.91. The summed E-state index contributed by atoms with van der Waals surface area (Å²) in [5.41, 5.74) is 1.26. The normalized spacial score (nSPS) is 25.4. The third-order valence-electron chi connectivity index (χ3n) is 3.65. The minimum absolute atomic E-state index is 0.146. The van der Waals surface area contributed by atoms with E-state index in [9.17, 15) is 13.2 Å². The van der Waals surface area contributed by atoms with E-state index in [4.69, 9.17) is 0 Å². The molecule has 1 aromatic rings. The average Bonchev–Trinajstić information content (AvgIpc) is 2.84. The first-order chi connectivity index (χ1) is 8.85. The quantitative estimate of drug-likeness (QED) is 0.865. The van der Waals surface area contributed by atoms with Crippen LogP contribution in [0.5, 0.6) is 0 Å². The minimum atomic E-state index is -3.05. The summed E-state index contributed by atoms with van der Waals surface area (Å²) in [6.07, 6.45) is 2.82. The van der Waals surface area contributed by atoms with Crippen LogP contribution in [0.2, 0.25) is 0 Å². The zero-order valence-corrected chi connectivity index (χ0v) is 12.2. The summed E-state index contributed by atoms with van der Waals surface area (Å²) in [5.74, 6) is -0.0915. The van der Waals surface area contributed by atoms with Crippen LogP contribution in [-0.4, -0.2) is 41.2 Å². The van der Waals surface area contributed by atoms with Crippen LogP contribution in [0.4, 0.5) is 0 Å². The van der Waals surface area contributed by atoms with Crippen LogP contribution in [0.3, 0.4) is 0 Å². The Bertz CT molecular complexity index is 591. The van der Waals surface area contributed by atoms with Crippen molar-refractivity contribution in [1.82, 2.24) is 15.1 Å². The van der Waals surface area contributed by atoms with Gasteiger partial charge in [0.25, 0.3) is 5.91 Å². The molecule has 1 aliphatic rings. The van der Waals surface area contributed by atoms with Gasteiger partial charge in [0.05, 0.1) is 22.3 Å². The Morgan fingerprint density at radius 3 is 2.79 bits per heavy atom. The lowest BCUT2D eigenvalue weighted by Crippen LogP contribution is -2.40. The van der Waals surface area contributed by atoms with E-state index in [2.05, 4.69) is 10.4 Å². The second-order valence-corrected chi connectivity index (χ2v) is 7.43. The fourth-order valence-electron chi connectivity index (χ4n) is 2.38. The first kappa shape index (κ1) is 14.0. The van der Waals surface area contributed by atoms with Crippen molar-refractivity contribution in [3.05, 3.63) is 17.5 Å². The number of carbonyl (C=O) groups is 1. The number of aryl methyl sites for hydroxylation is 2. The summed E-state index contributed by atoms with van der Waals surface area (Å²) in [5, 5.41) is 6.51. The average molecular weight is 285 g/mol. The van der Waals surface area contributed by atoms with Gasteiger partial charge in [-0.15, -0.1) is 0 Å². The molecule has 2 atom stereocenters. The van der Waals surface area contributed by atoms with Gasteiger partial charge in [-0.2, -0.15) is 5.10 Å². The van der Waals surface area contributed by atoms with Crippen molar-refractivity contribution in [2.75, 3.05) is 5.75 Å². The minimum Gasteiger partial charge on any atom is -0.348 e. The molecule has 1 aromatic heterocycles. The molecule has 0 aromatic carbocycles. The summed E-state index contributed by atoms with van der Waals surface area (Å²) in [7, 11) is -1.29. The molecule has 106 valence electrons. The highest BCUT2D eigenvalue weighted by Gasteiger charge is 2.37. The lowest BCUT2D eigenvalue weighted by atomic mass is 10.1. The van der Waals surface area contributed by atoms with Gasteiger partial charge in [-0.05, 0) is 19.8 Å². The van der Waals surface area contributed by atoms with Crippen LogP contribution in [0.15, 0.2) is 6.20 Å². The number of hydrogen-bond acceptors (Lipinski definition) is 4. The highest BCUT2D eigenvalue weighted by molar-refractivity contribution is 7.92. The highest BCUT2D eigenvalue weighted by Crippen LogP contribution is 2.21. The zero-order chi connectivity index (χ0) is 14.2. The van der Waals surface area contributed by atoms with Crippen molar-refractivity contribution < 1.29 is 13.2 Å². The predicted octanol–water partition coefficient (Wildman–Crippen LogP) is 0.288. The summed E-state index contributed by atoms with van der Waals surface area (Å²) in [6, 6.07) is -0.303. The Balaban J connectivity index is 2.14. The molecule has 1 amide bonds. The molecule has 1 fully saturated rings. The van der Waals surface area contributed by atoms with Crippen molar-refractivity contribution in [3.63, 3.8) is 0 Å². The zero-order valence-electron chi connectivity index (χ0n) is 11.4. The molecule has 1 N–H and O–H groups in total. The fraction of sp³-hybridized carbons (Fsp3) is 0.667. The number of nitrogens with one attached hydrogen (secondary N) is 1. The van der Waals surface area contributed by atoms with E-state index in [-0.39, 0.29) is 17.7 Å². The van der Waals surface area contributed by atoms with Gasteiger partial charge >= 0.3 is 0 Å². The van der Waals surface area contributed by atoms with E-state index in [0.717, 1.165) is 5.69 Å². The highest BCUT2D eigenvalue weighted by atomic mass is 32.2. The maximum absolute atomic E-state index is 12.2. The Morgan fingerprint density at radius 1 is 1.58 bits per heavy atom. The van der Waals surface area contributed by atoms with E-state index >= 15 is 0 Å². The molecule has 1 aliphatic heterocycles. The maximum Gasteiger partial charge on any atom is 0.255 e. The molecule has 0 radical (unpaired) electrons. The van der Waals surface area contributed by atoms with Crippen LogP contribution in [0.25, 0.3) is 0 Å². The lowest BCUT2D eigenvalue weighted by Gasteiger charge is -2.15. The monoisotopic (exact) mass is 285 g/mol. The van der Waals surface area contributed by atoms with Crippen molar-refractivity contribution >= 4 is 15.7 Å². The standard InChI is InChI=1S/C12H19N3O3S/c1-4-10-9(7-15(3)14-10)12(16)13-11-5-6-19(17,18)8(11)2/h7-8,11H,4-6H2,1-3H3,(H,13,16)/t8-,11-/m0/s1. The van der Waals surface area contributed by atoms with Crippen LogP contribution < -0.4 is 5.32 Å². The number of aromatic nitrogens is 2. The van der Waals surface area contributed by atoms with E-state index in [1.165, 1.54) is 0 Å². The number of amides is 1. The molecule has 7 heteroatoms. The third kappa shape index (κ3) is 2.65. The first-order valence-corrected chi connectivity index (χ1v) is 8.11. The van der Waals surface area contributed by atoms with Gasteiger partial charge in [0.1, 0.15) is 0 Å². The SMILES string of the molecule is CCc1nn(C)cc1C(=O)N[C@H]1CCS(=O)(=O)[C@H]1C. The maximum atomic E-state index is 12.2. The largest absolute Gasteiger partial charge is 0.348 e. The smallest absolute Gasteiger partial charge is 0.255 e. The van der Waals surface area contributed by atoms with Crippen molar-refractivity contribution in [1.29, 1.82) is 0 Å². The molecule has 2 rings (SSSR count). The molecule has 0 aliphatic carbocycles. The Kier molecular flexibility index (Phi) is 3.66. The van der Waals surface area contributed by atoms with E-state index in [0.29, 0.717) is 18.4 Å². The Morgan fingerprint density at radius 2 is 2.26 bits per heavy atom. The Labute approximate surface area is 113 Å². The second kappa shape index (κ2) is 4.96. The predicted molar refractivity (Wildman–Crippen MR) is 71.7 cm³/mol. The van der Waals surface area contributed by atoms with Gasteiger partial charge in [-0.3, -0.25) is 9.48 Å². The molecular weight excluding hydrogens is 266 g/mol. The van der Waals surface area contributed by atoms with Crippen molar-refractivity contribution in [3.8, 4) is 0 Å². The fourth-order valence-corrected chi connectivity index (χ4v) is 4.04. The van der Waals surface area contributed by atoms with E-state index < -0.39 is 15.1 Å². The lowest BCUT2D eigenvalue weighted by molar-refractivity contribution is 0.0936. The number of hydrogen-bond donors (Lipinski definition) is 1. The van der Waals surface area contributed by atoms with Crippen LogP contribution >= 0.6 is 0 Å². The van der Waals surface area contributed by atoms with Gasteiger partial charge in [-0.25, -0.2) is 8.42 Å². The van der Waals surface area contributed by atoms with Gasteiger partial charge in [0.15, 0.2) is 9.84 Å². The van der Waals surface area contributed by atoms with E-state index in [1.807, 2.05) is 6.92 Å². The number of sulfone groups is 1. The summed E-state index contributed by atoms with van der Waals surface area (Å²) < 4.78 is 24.9. The van der Waals surface area contributed by atoms with Gasteiger partial charge < -0.3 is 5.32 Å². The molecule has 0 spiro atoms. The molecule has 0 unspecified atom stereocenters. The van der Waals surface area contributed by atoms with E-state index in [1.54, 1.807) is 24.9 Å². The molecule has 0 saturated carbocycles. The summed E-state index contributed by atoms with van der Waals surface area (Å²) >= 11 is 0. The number of nitrogens with zero attached hydrogens (tertiary/aromatic N) is 2. The van der Waals surface area contributed by atoms with Gasteiger partial charge in [-0.1, -0.05) is 6.92 Å². The van der Waals surface area contributed by atoms with Crippen LogP contribution in [-0.2, 0) is 23.3 Å². The Hall–Kier alpha value is -1.37. The number of rotatable bonds is 3. The summed E-state index contributed by atoms with van der Waals surface area (Å²) in [4.78, 5) is 12.2. The van der Waals surface area contributed by atoms with Crippen LogP contribution in [0.1, 0.15) is 36.3 Å². The first-order valence-electron chi connectivity index (χ1n) is 6.40. The molecule has 6 nitrogen and oxygen atoms in total. The molecule has 0 bridgehead atoms. The summed E-state index contributed by atoms with van der Waals surface area (Å²) in [6.45, 7) is 3.58. The molecule has 2 heterocycles. The number of carbonyl (C=O) groups excluding carboxylic acids is 1. The van der Waals surface area contributed by atoms with Crippen LogP contribution in [0, 0.1) is 0 Å². The second-order valence-electron chi connectivity index (χ2n) is 4.96. The molecule has 19 heavy (non-hydrogen) atoms. The van der Waals surface area contributed by atoms with Crippen molar-refractivity contribution in [2.24, 2.45) is 7.05 Å². The molecular formula is C12H19N3O3S. The van der Waals surface area contributed by atoms with Gasteiger partial charge in [0.2, 0.25) is 0 Å².